The second-order valence-electron chi connectivity index (χ2n) is 6.16. The number of carbonyl (C=O) groups excluding carboxylic acids is 1. The number of amides is 1. The molecule has 0 heterocycles. The minimum atomic E-state index is -3.63. The number of hydrogen-bond acceptors (Lipinski definition) is 5. The molecule has 2 atom stereocenters. The number of nitriles is 1. The maximum atomic E-state index is 12.7. The molecule has 1 aromatic rings. The highest BCUT2D eigenvalue weighted by Gasteiger charge is 2.34. The normalized spacial score (nSPS) is 20.5. The Bertz CT molecular complexity index is 761. The summed E-state index contributed by atoms with van der Waals surface area (Å²) in [5.74, 6) is -3.76. The van der Waals surface area contributed by atoms with Crippen LogP contribution in [0.15, 0.2) is 34.1 Å². The highest BCUT2D eigenvalue weighted by Crippen LogP contribution is 2.33. The van der Waals surface area contributed by atoms with Crippen LogP contribution in [0.25, 0.3) is 0 Å². The fraction of sp³-hybridized carbons (Fsp3) is 0.529. The van der Waals surface area contributed by atoms with Crippen molar-refractivity contribution in [1.82, 2.24) is 5.32 Å². The fourth-order valence-corrected chi connectivity index (χ4v) is 5.42. The van der Waals surface area contributed by atoms with Crippen LogP contribution in [0.2, 0.25) is 0 Å². The monoisotopic (exact) mass is 402 g/mol. The molecular formula is C17H20F2N2O3S2. The topological polar surface area (TPSA) is 87.0 Å². The number of sulfone groups is 1. The first-order valence-corrected chi connectivity index (χ1v) is 10.8. The van der Waals surface area contributed by atoms with Crippen molar-refractivity contribution in [2.75, 3.05) is 12.3 Å². The van der Waals surface area contributed by atoms with Crippen LogP contribution in [0.4, 0.5) is 8.78 Å². The van der Waals surface area contributed by atoms with Gasteiger partial charge in [0.1, 0.15) is 6.54 Å². The molecule has 1 saturated carbocycles. The molecule has 2 unspecified atom stereocenters. The molecule has 1 aliphatic carbocycles. The van der Waals surface area contributed by atoms with Crippen molar-refractivity contribution in [2.24, 2.45) is 11.8 Å². The predicted molar refractivity (Wildman–Crippen MR) is 94.4 cm³/mol. The number of benzene rings is 1. The van der Waals surface area contributed by atoms with E-state index in [1.165, 1.54) is 24.3 Å². The van der Waals surface area contributed by atoms with Crippen molar-refractivity contribution < 1.29 is 22.0 Å². The Morgan fingerprint density at radius 2 is 1.92 bits per heavy atom. The molecular weight excluding hydrogens is 382 g/mol. The number of thioether (sulfide) groups is 1. The summed E-state index contributed by atoms with van der Waals surface area (Å²) in [5, 5.41) is 11.1. The van der Waals surface area contributed by atoms with Gasteiger partial charge in [-0.05, 0) is 43.0 Å². The smallest absolute Gasteiger partial charge is 0.288 e. The van der Waals surface area contributed by atoms with E-state index < -0.39 is 21.5 Å². The summed E-state index contributed by atoms with van der Waals surface area (Å²) in [6.07, 6.45) is 2.93. The van der Waals surface area contributed by atoms with Gasteiger partial charge in [-0.15, -0.1) is 0 Å². The van der Waals surface area contributed by atoms with Gasteiger partial charge in [-0.25, -0.2) is 8.42 Å². The molecule has 0 radical (unpaired) electrons. The summed E-state index contributed by atoms with van der Waals surface area (Å²) in [5.41, 5.74) is 0. The summed E-state index contributed by atoms with van der Waals surface area (Å²) < 4.78 is 50.1. The second kappa shape index (κ2) is 9.33. The summed E-state index contributed by atoms with van der Waals surface area (Å²) in [6, 6.07) is 7.22. The third-order valence-electron chi connectivity index (χ3n) is 4.43. The largest absolute Gasteiger partial charge is 0.343 e. The van der Waals surface area contributed by atoms with Gasteiger partial charge in [-0.1, -0.05) is 24.6 Å². The van der Waals surface area contributed by atoms with Crippen LogP contribution >= 0.6 is 11.8 Å². The third-order valence-corrected chi connectivity index (χ3v) is 7.01. The molecule has 0 bridgehead atoms. The van der Waals surface area contributed by atoms with Crippen LogP contribution in [0.1, 0.15) is 25.7 Å². The molecule has 1 aliphatic rings. The van der Waals surface area contributed by atoms with Crippen LogP contribution in [0.5, 0.6) is 0 Å². The Morgan fingerprint density at radius 1 is 1.27 bits per heavy atom. The SMILES string of the molecule is N#CCNC(=O)C1CCCCC1CS(=O)(=O)c1ccc(SC(F)F)cc1. The van der Waals surface area contributed by atoms with E-state index in [9.17, 15) is 22.0 Å². The Hall–Kier alpha value is -1.66. The van der Waals surface area contributed by atoms with Crippen molar-refractivity contribution in [3.05, 3.63) is 24.3 Å². The number of hydrogen-bond donors (Lipinski definition) is 1. The first-order chi connectivity index (χ1) is 12.3. The van der Waals surface area contributed by atoms with Crippen LogP contribution in [0.3, 0.4) is 0 Å². The van der Waals surface area contributed by atoms with Crippen LogP contribution in [-0.2, 0) is 14.6 Å². The molecule has 142 valence electrons. The third kappa shape index (κ3) is 5.68. The highest BCUT2D eigenvalue weighted by atomic mass is 32.2. The molecule has 1 N–H and O–H groups in total. The summed E-state index contributed by atoms with van der Waals surface area (Å²) in [6.45, 7) is -0.0991. The van der Waals surface area contributed by atoms with Crippen molar-refractivity contribution in [2.45, 2.75) is 41.2 Å². The molecule has 0 saturated heterocycles. The summed E-state index contributed by atoms with van der Waals surface area (Å²) in [7, 11) is -3.63. The number of halogens is 2. The number of nitrogens with one attached hydrogen (secondary N) is 1. The average Bonchev–Trinajstić information content (AvgIpc) is 2.59. The first-order valence-electron chi connectivity index (χ1n) is 8.26. The molecule has 26 heavy (non-hydrogen) atoms. The zero-order valence-corrected chi connectivity index (χ0v) is 15.7. The number of alkyl halides is 2. The van der Waals surface area contributed by atoms with Gasteiger partial charge in [0, 0.05) is 10.8 Å². The van der Waals surface area contributed by atoms with Gasteiger partial charge < -0.3 is 5.32 Å². The van der Waals surface area contributed by atoms with Gasteiger partial charge >= 0.3 is 0 Å². The van der Waals surface area contributed by atoms with E-state index in [-0.39, 0.29) is 29.0 Å². The lowest BCUT2D eigenvalue weighted by atomic mass is 9.80. The van der Waals surface area contributed by atoms with Gasteiger partial charge in [0.15, 0.2) is 9.84 Å². The maximum absolute atomic E-state index is 12.7. The van der Waals surface area contributed by atoms with Crippen molar-refractivity contribution >= 4 is 27.5 Å². The van der Waals surface area contributed by atoms with Gasteiger partial charge in [-0.2, -0.15) is 14.0 Å². The van der Waals surface area contributed by atoms with E-state index >= 15 is 0 Å². The summed E-state index contributed by atoms with van der Waals surface area (Å²) in [4.78, 5) is 12.6. The minimum Gasteiger partial charge on any atom is -0.343 e. The molecule has 0 aromatic heterocycles. The van der Waals surface area contributed by atoms with E-state index in [1.807, 2.05) is 6.07 Å². The Kier molecular flexibility index (Phi) is 7.41. The molecule has 9 heteroatoms. The van der Waals surface area contributed by atoms with Crippen molar-refractivity contribution in [3.8, 4) is 6.07 Å². The Morgan fingerprint density at radius 3 is 2.54 bits per heavy atom. The van der Waals surface area contributed by atoms with Crippen LogP contribution in [-0.4, -0.2) is 32.4 Å². The van der Waals surface area contributed by atoms with Gasteiger partial charge in [0.05, 0.1) is 16.7 Å². The van der Waals surface area contributed by atoms with Crippen molar-refractivity contribution in [3.63, 3.8) is 0 Å². The van der Waals surface area contributed by atoms with Crippen LogP contribution < -0.4 is 5.32 Å². The zero-order valence-electron chi connectivity index (χ0n) is 14.0. The first kappa shape index (κ1) is 20.6. The molecule has 1 amide bonds. The Balaban J connectivity index is 2.10. The van der Waals surface area contributed by atoms with E-state index in [2.05, 4.69) is 5.32 Å². The molecule has 0 spiro atoms. The predicted octanol–water partition coefficient (Wildman–Crippen LogP) is 3.22. The standard InChI is InChI=1S/C17H20F2N2O3S2/c18-17(19)25-13-5-7-14(8-6-13)26(23,24)11-12-3-1-2-4-15(12)16(22)21-10-9-20/h5-8,12,15,17H,1-4,10-11H2,(H,21,22). The number of nitrogens with zero attached hydrogens (tertiary/aromatic N) is 1. The minimum absolute atomic E-state index is 0.0675. The lowest BCUT2D eigenvalue weighted by Gasteiger charge is -2.30. The number of carbonyl (C=O) groups is 1. The molecule has 1 fully saturated rings. The zero-order chi connectivity index (χ0) is 19.2. The molecule has 2 rings (SSSR count). The van der Waals surface area contributed by atoms with Gasteiger partial charge in [0.25, 0.3) is 5.76 Å². The van der Waals surface area contributed by atoms with E-state index in [4.69, 9.17) is 5.26 Å². The van der Waals surface area contributed by atoms with Crippen LogP contribution in [0, 0.1) is 23.2 Å². The maximum Gasteiger partial charge on any atom is 0.288 e. The molecule has 5 nitrogen and oxygen atoms in total. The van der Waals surface area contributed by atoms with E-state index in [0.717, 1.165) is 12.8 Å². The van der Waals surface area contributed by atoms with E-state index in [1.54, 1.807) is 0 Å². The van der Waals surface area contributed by atoms with E-state index in [0.29, 0.717) is 29.5 Å². The van der Waals surface area contributed by atoms with Gasteiger partial charge in [-0.3, -0.25) is 4.79 Å². The average molecular weight is 402 g/mol. The molecule has 0 aliphatic heterocycles. The molecule has 1 aromatic carbocycles. The number of rotatable bonds is 7. The van der Waals surface area contributed by atoms with Crippen molar-refractivity contribution in [1.29, 1.82) is 5.26 Å². The highest BCUT2D eigenvalue weighted by molar-refractivity contribution is 7.99. The summed E-state index contributed by atoms with van der Waals surface area (Å²) >= 11 is 0.358. The Labute approximate surface area is 156 Å². The quantitative estimate of drug-likeness (QED) is 0.559. The fourth-order valence-electron chi connectivity index (χ4n) is 3.22. The lowest BCUT2D eigenvalue weighted by molar-refractivity contribution is -0.127. The van der Waals surface area contributed by atoms with Gasteiger partial charge in [0.2, 0.25) is 5.91 Å². The second-order valence-corrected chi connectivity index (χ2v) is 9.26. The lowest BCUT2D eigenvalue weighted by Crippen LogP contribution is -2.39.